The van der Waals surface area contributed by atoms with Crippen LogP contribution in [0.4, 0.5) is 5.69 Å². The summed E-state index contributed by atoms with van der Waals surface area (Å²) in [5.74, 6) is 0.0826. The van der Waals surface area contributed by atoms with Gasteiger partial charge < -0.3 is 10.1 Å². The zero-order chi connectivity index (χ0) is 16.3. The van der Waals surface area contributed by atoms with Crippen LogP contribution in [0.25, 0.3) is 0 Å². The second-order valence-corrected chi connectivity index (χ2v) is 4.66. The quantitative estimate of drug-likeness (QED) is 0.667. The summed E-state index contributed by atoms with van der Waals surface area (Å²) in [6, 6.07) is 7.22. The number of ether oxygens (including phenoxy) is 1. The van der Waals surface area contributed by atoms with Crippen LogP contribution in [0.3, 0.4) is 0 Å². The van der Waals surface area contributed by atoms with Crippen LogP contribution in [0.2, 0.25) is 0 Å². The number of amides is 1. The number of aryl methyl sites for hydroxylation is 2. The van der Waals surface area contributed by atoms with Gasteiger partial charge in [-0.3, -0.25) is 19.6 Å². The first-order chi connectivity index (χ1) is 10.5. The fourth-order valence-electron chi connectivity index (χ4n) is 2.23. The number of hydrogen-bond donors (Lipinski definition) is 1. The molecule has 8 heteroatoms. The summed E-state index contributed by atoms with van der Waals surface area (Å²) in [6.45, 7) is 1.69. The normalized spacial score (nSPS) is 10.3. The van der Waals surface area contributed by atoms with E-state index in [1.807, 2.05) is 18.2 Å². The third kappa shape index (κ3) is 2.90. The van der Waals surface area contributed by atoms with Crippen molar-refractivity contribution in [1.29, 1.82) is 0 Å². The number of hydrogen-bond acceptors (Lipinski definition) is 5. The van der Waals surface area contributed by atoms with Gasteiger partial charge in [-0.2, -0.15) is 5.10 Å². The van der Waals surface area contributed by atoms with Gasteiger partial charge in [0, 0.05) is 19.2 Å². The Morgan fingerprint density at radius 1 is 1.45 bits per heavy atom. The van der Waals surface area contributed by atoms with Crippen LogP contribution < -0.4 is 10.1 Å². The molecule has 0 atom stereocenters. The van der Waals surface area contributed by atoms with Crippen molar-refractivity contribution in [2.24, 2.45) is 7.05 Å². The number of rotatable bonds is 5. The number of carbonyl (C=O) groups is 1. The zero-order valence-corrected chi connectivity index (χ0v) is 12.5. The molecule has 0 unspecified atom stereocenters. The molecular weight excluding hydrogens is 288 g/mol. The smallest absolute Gasteiger partial charge is 0.322 e. The van der Waals surface area contributed by atoms with Crippen LogP contribution in [0.5, 0.6) is 5.75 Å². The van der Waals surface area contributed by atoms with Crippen LogP contribution in [0.1, 0.15) is 21.7 Å². The Labute approximate surface area is 126 Å². The molecule has 2 rings (SSSR count). The van der Waals surface area contributed by atoms with Crippen LogP contribution in [0, 0.1) is 17.0 Å². The molecule has 0 spiro atoms. The average Bonchev–Trinajstić information content (AvgIpc) is 2.79. The summed E-state index contributed by atoms with van der Waals surface area (Å²) >= 11 is 0. The second-order valence-electron chi connectivity index (χ2n) is 4.66. The van der Waals surface area contributed by atoms with E-state index in [4.69, 9.17) is 4.74 Å². The van der Waals surface area contributed by atoms with Gasteiger partial charge in [0.15, 0.2) is 0 Å². The lowest BCUT2D eigenvalue weighted by Crippen LogP contribution is -2.26. The van der Waals surface area contributed by atoms with Crippen molar-refractivity contribution in [1.82, 2.24) is 15.1 Å². The van der Waals surface area contributed by atoms with Gasteiger partial charge >= 0.3 is 5.69 Å². The highest BCUT2D eigenvalue weighted by atomic mass is 16.6. The molecule has 0 saturated carbocycles. The fourth-order valence-corrected chi connectivity index (χ4v) is 2.23. The molecular formula is C14H16N4O4. The molecule has 8 nitrogen and oxygen atoms in total. The lowest BCUT2D eigenvalue weighted by Gasteiger charge is -2.09. The summed E-state index contributed by atoms with van der Waals surface area (Å²) < 4.78 is 6.41. The number of aromatic nitrogens is 2. The van der Waals surface area contributed by atoms with Gasteiger partial charge in [0.05, 0.1) is 12.0 Å². The van der Waals surface area contributed by atoms with Crippen LogP contribution in [0.15, 0.2) is 24.3 Å². The van der Waals surface area contributed by atoms with Crippen LogP contribution in [-0.4, -0.2) is 27.7 Å². The number of benzene rings is 1. The zero-order valence-electron chi connectivity index (χ0n) is 12.5. The number of nitrogens with zero attached hydrogens (tertiary/aromatic N) is 3. The molecule has 0 fully saturated rings. The maximum Gasteiger partial charge on any atom is 0.322 e. The molecule has 1 heterocycles. The summed E-state index contributed by atoms with van der Waals surface area (Å²) in [5.41, 5.74) is 0.632. The second kappa shape index (κ2) is 6.25. The Balaban J connectivity index is 2.22. The molecule has 1 aromatic carbocycles. The molecule has 22 heavy (non-hydrogen) atoms. The molecule has 0 aliphatic carbocycles. The average molecular weight is 304 g/mol. The number of nitro groups is 1. The van der Waals surface area contributed by atoms with Crippen molar-refractivity contribution in [3.8, 4) is 5.75 Å². The van der Waals surface area contributed by atoms with E-state index in [9.17, 15) is 14.9 Å². The lowest BCUT2D eigenvalue weighted by molar-refractivity contribution is -0.385. The third-order valence-electron chi connectivity index (χ3n) is 3.22. The molecule has 0 radical (unpaired) electrons. The summed E-state index contributed by atoms with van der Waals surface area (Å²) in [4.78, 5) is 22.8. The van der Waals surface area contributed by atoms with Gasteiger partial charge in [-0.1, -0.05) is 18.2 Å². The molecule has 2 aromatic rings. The highest BCUT2D eigenvalue weighted by Crippen LogP contribution is 2.22. The Hall–Kier alpha value is -2.90. The standard InChI is InChI=1S/C14H16N4O4/c1-9-12(18(20)21)13(17(2)16-9)14(19)15-8-10-6-4-5-7-11(10)22-3/h4-7H,8H2,1-3H3,(H,15,19). The number of methoxy groups -OCH3 is 1. The highest BCUT2D eigenvalue weighted by molar-refractivity contribution is 5.96. The topological polar surface area (TPSA) is 99.3 Å². The molecule has 0 saturated heterocycles. The highest BCUT2D eigenvalue weighted by Gasteiger charge is 2.29. The van der Waals surface area contributed by atoms with E-state index >= 15 is 0 Å². The minimum absolute atomic E-state index is 0.0719. The maximum absolute atomic E-state index is 12.3. The Morgan fingerprint density at radius 3 is 2.77 bits per heavy atom. The Morgan fingerprint density at radius 2 is 2.14 bits per heavy atom. The van der Waals surface area contributed by atoms with Gasteiger partial charge in [0.25, 0.3) is 5.91 Å². The van der Waals surface area contributed by atoms with E-state index in [-0.39, 0.29) is 23.6 Å². The number of para-hydroxylation sites is 1. The Bertz CT molecular complexity index is 724. The van der Waals surface area contributed by atoms with Gasteiger partial charge in [0.2, 0.25) is 5.69 Å². The first kappa shape index (κ1) is 15.5. The summed E-state index contributed by atoms with van der Waals surface area (Å²) in [6.07, 6.45) is 0. The van der Waals surface area contributed by atoms with Crippen molar-refractivity contribution in [2.45, 2.75) is 13.5 Å². The van der Waals surface area contributed by atoms with Gasteiger partial charge in [-0.15, -0.1) is 0 Å². The summed E-state index contributed by atoms with van der Waals surface area (Å²) in [5, 5.41) is 17.7. The SMILES string of the molecule is COc1ccccc1CNC(=O)c1c([N+](=O)[O-])c(C)nn1C. The maximum atomic E-state index is 12.3. The minimum atomic E-state index is -0.597. The molecule has 1 aromatic heterocycles. The Kier molecular flexibility index (Phi) is 4.40. The predicted octanol–water partition coefficient (Wildman–Crippen LogP) is 1.58. The fraction of sp³-hybridized carbons (Fsp3) is 0.286. The van der Waals surface area contributed by atoms with E-state index in [1.165, 1.54) is 25.8 Å². The minimum Gasteiger partial charge on any atom is -0.496 e. The summed E-state index contributed by atoms with van der Waals surface area (Å²) in [7, 11) is 3.04. The van der Waals surface area contributed by atoms with Crippen molar-refractivity contribution < 1.29 is 14.5 Å². The first-order valence-electron chi connectivity index (χ1n) is 6.53. The van der Waals surface area contributed by atoms with Crippen LogP contribution in [-0.2, 0) is 13.6 Å². The van der Waals surface area contributed by atoms with Crippen LogP contribution >= 0.6 is 0 Å². The third-order valence-corrected chi connectivity index (χ3v) is 3.22. The van der Waals surface area contributed by atoms with E-state index in [2.05, 4.69) is 10.4 Å². The van der Waals surface area contributed by atoms with Crippen molar-refractivity contribution in [3.63, 3.8) is 0 Å². The van der Waals surface area contributed by atoms with E-state index in [0.717, 1.165) is 5.56 Å². The lowest BCUT2D eigenvalue weighted by atomic mass is 10.2. The van der Waals surface area contributed by atoms with E-state index in [1.54, 1.807) is 6.07 Å². The first-order valence-corrected chi connectivity index (χ1v) is 6.53. The molecule has 0 bridgehead atoms. The molecule has 1 amide bonds. The van der Waals surface area contributed by atoms with Crippen molar-refractivity contribution >= 4 is 11.6 Å². The van der Waals surface area contributed by atoms with E-state index in [0.29, 0.717) is 5.75 Å². The van der Waals surface area contributed by atoms with Gasteiger partial charge in [-0.25, -0.2) is 0 Å². The molecule has 116 valence electrons. The van der Waals surface area contributed by atoms with Crippen molar-refractivity contribution in [2.75, 3.05) is 7.11 Å². The molecule has 0 aliphatic heterocycles. The monoisotopic (exact) mass is 304 g/mol. The predicted molar refractivity (Wildman–Crippen MR) is 78.8 cm³/mol. The van der Waals surface area contributed by atoms with Gasteiger partial charge in [0.1, 0.15) is 11.4 Å². The molecule has 1 N–H and O–H groups in total. The number of nitrogens with one attached hydrogen (secondary N) is 1. The van der Waals surface area contributed by atoms with E-state index < -0.39 is 10.8 Å². The molecule has 0 aliphatic rings. The number of carbonyl (C=O) groups excluding carboxylic acids is 1. The largest absolute Gasteiger partial charge is 0.496 e. The van der Waals surface area contributed by atoms with Gasteiger partial charge in [-0.05, 0) is 13.0 Å². The van der Waals surface area contributed by atoms with Crippen molar-refractivity contribution in [3.05, 3.63) is 51.3 Å².